The number of thioether (sulfide) groups is 1. The van der Waals surface area contributed by atoms with Gasteiger partial charge in [-0.3, -0.25) is 10.2 Å². The molecule has 2 unspecified atom stereocenters. The fourth-order valence-corrected chi connectivity index (χ4v) is 6.04. The maximum absolute atomic E-state index is 13.7. The van der Waals surface area contributed by atoms with E-state index in [1.807, 2.05) is 97.8 Å². The first-order chi connectivity index (χ1) is 18.3. The van der Waals surface area contributed by atoms with Crippen LogP contribution in [0.2, 0.25) is 0 Å². The summed E-state index contributed by atoms with van der Waals surface area (Å²) in [7, 11) is 0. The molecule has 190 valence electrons. The zero-order valence-corrected chi connectivity index (χ0v) is 21.8. The molecule has 0 spiro atoms. The maximum atomic E-state index is 13.7. The number of amides is 1. The number of fused-ring (bicyclic) bond motifs is 1. The molecule has 3 aromatic rings. The summed E-state index contributed by atoms with van der Waals surface area (Å²) in [5.41, 5.74) is 4.70. The van der Waals surface area contributed by atoms with Crippen LogP contribution in [0.3, 0.4) is 0 Å². The summed E-state index contributed by atoms with van der Waals surface area (Å²) in [4.78, 5) is 20.2. The Hall–Kier alpha value is -4.44. The summed E-state index contributed by atoms with van der Waals surface area (Å²) in [6, 6.07) is 20.2. The predicted molar refractivity (Wildman–Crippen MR) is 150 cm³/mol. The molecule has 4 heterocycles. The van der Waals surface area contributed by atoms with Crippen molar-refractivity contribution in [1.82, 2.24) is 14.7 Å². The monoisotopic (exact) mass is 523 g/mol. The van der Waals surface area contributed by atoms with Crippen LogP contribution in [0.1, 0.15) is 29.9 Å². The van der Waals surface area contributed by atoms with Crippen molar-refractivity contribution in [3.05, 3.63) is 100 Å². The lowest BCUT2D eigenvalue weighted by atomic mass is 9.91. The van der Waals surface area contributed by atoms with Crippen LogP contribution in [-0.2, 0) is 4.79 Å². The first-order valence-corrected chi connectivity index (χ1v) is 13.0. The van der Waals surface area contributed by atoms with Gasteiger partial charge in [-0.05, 0) is 49.9 Å². The molecule has 9 nitrogen and oxygen atoms in total. The number of benzene rings is 2. The van der Waals surface area contributed by atoms with Crippen LogP contribution in [0.15, 0.2) is 93.5 Å². The molecular weight excluding hydrogens is 498 g/mol. The van der Waals surface area contributed by atoms with Crippen LogP contribution in [0.5, 0.6) is 0 Å². The predicted octanol–water partition coefficient (Wildman–Crippen LogP) is 5.24. The highest BCUT2D eigenvalue weighted by molar-refractivity contribution is 8.16. The van der Waals surface area contributed by atoms with Crippen molar-refractivity contribution in [3.8, 4) is 0 Å². The third-order valence-corrected chi connectivity index (χ3v) is 7.62. The molecule has 0 bridgehead atoms. The van der Waals surface area contributed by atoms with E-state index in [-0.39, 0.29) is 17.6 Å². The number of aliphatic hydroxyl groups excluding tert-OH is 1. The highest BCUT2D eigenvalue weighted by Crippen LogP contribution is 2.47. The van der Waals surface area contributed by atoms with Crippen LogP contribution >= 0.6 is 11.8 Å². The molecule has 0 fully saturated rings. The summed E-state index contributed by atoms with van der Waals surface area (Å²) in [5, 5.41) is 33.3. The van der Waals surface area contributed by atoms with Crippen LogP contribution < -0.4 is 5.01 Å². The third kappa shape index (κ3) is 3.76. The lowest BCUT2D eigenvalue weighted by Gasteiger charge is -2.38. The number of rotatable bonds is 4. The normalized spacial score (nSPS) is 22.3. The van der Waals surface area contributed by atoms with Gasteiger partial charge in [0.05, 0.1) is 28.7 Å². The quantitative estimate of drug-likeness (QED) is 0.454. The summed E-state index contributed by atoms with van der Waals surface area (Å²) in [6.45, 7) is 5.55. The van der Waals surface area contributed by atoms with Crippen molar-refractivity contribution in [2.75, 3.05) is 5.01 Å². The Morgan fingerprint density at radius 3 is 2.37 bits per heavy atom. The Balaban J connectivity index is 1.48. The molecule has 2 aromatic carbocycles. The lowest BCUT2D eigenvalue weighted by molar-refractivity contribution is -0.119. The van der Waals surface area contributed by atoms with Crippen LogP contribution in [0.4, 0.5) is 5.69 Å². The Bertz CT molecular complexity index is 1590. The van der Waals surface area contributed by atoms with E-state index in [4.69, 9.17) is 5.41 Å². The van der Waals surface area contributed by atoms with E-state index in [1.54, 1.807) is 0 Å². The Morgan fingerprint density at radius 2 is 1.71 bits per heavy atom. The fraction of sp³-hybridized carbons (Fsp3) is 0.179. The van der Waals surface area contributed by atoms with E-state index in [0.29, 0.717) is 27.8 Å². The summed E-state index contributed by atoms with van der Waals surface area (Å²) >= 11 is 1.36. The van der Waals surface area contributed by atoms with E-state index in [2.05, 4.69) is 15.2 Å². The van der Waals surface area contributed by atoms with Gasteiger partial charge in [-0.25, -0.2) is 9.67 Å². The number of anilines is 1. The number of carbonyl (C=O) groups excluding carboxylic acids is 1. The summed E-state index contributed by atoms with van der Waals surface area (Å²) < 4.78 is 1.44. The molecule has 0 saturated carbocycles. The number of aliphatic hydroxyl groups is 1. The zero-order chi connectivity index (χ0) is 26.6. The third-order valence-electron chi connectivity index (χ3n) is 6.76. The number of nitrogens with zero attached hydrogens (tertiary/aromatic N) is 6. The number of amidine groups is 2. The molecule has 6 rings (SSSR count). The van der Waals surface area contributed by atoms with Gasteiger partial charge in [-0.1, -0.05) is 60.3 Å². The molecule has 1 aromatic heterocycles. The molecule has 0 aliphatic carbocycles. The number of hydrogen-bond acceptors (Lipinski definition) is 7. The second-order valence-electron chi connectivity index (χ2n) is 9.32. The van der Waals surface area contributed by atoms with Crippen LogP contribution in [0, 0.1) is 25.2 Å². The molecule has 3 aliphatic rings. The minimum absolute atomic E-state index is 0.0497. The minimum atomic E-state index is -0.633. The standard InChI is InChI=1S/C28H25N7O2S/c1-16-14-17(2)34(31-16)27(37)23-24(19-10-6-4-7-11-19)33-21(15-38-28(33)30-25(23)29)22-18(3)32-35(26(22)36)20-12-8-5-9-13-20/h4-15,22,24,29,37H,1-3H3/b27-23+,29-25?. The number of carbonyl (C=O) groups is 1. The van der Waals surface area contributed by atoms with Gasteiger partial charge in [-0.2, -0.15) is 15.2 Å². The van der Waals surface area contributed by atoms with Gasteiger partial charge in [0.15, 0.2) is 11.0 Å². The summed E-state index contributed by atoms with van der Waals surface area (Å²) in [5.74, 6) is -1.01. The number of aryl methyl sites for hydroxylation is 2. The van der Waals surface area contributed by atoms with E-state index in [9.17, 15) is 9.90 Å². The Labute approximate surface area is 224 Å². The number of hydrazone groups is 1. The second kappa shape index (κ2) is 9.14. The van der Waals surface area contributed by atoms with E-state index in [1.165, 1.54) is 21.5 Å². The molecule has 2 atom stereocenters. The number of aromatic nitrogens is 2. The second-order valence-corrected chi connectivity index (χ2v) is 10.2. The maximum Gasteiger partial charge on any atom is 0.262 e. The van der Waals surface area contributed by atoms with Crippen molar-refractivity contribution in [2.24, 2.45) is 16.0 Å². The van der Waals surface area contributed by atoms with Crippen LogP contribution in [0.25, 0.3) is 5.88 Å². The molecule has 1 amide bonds. The zero-order valence-electron chi connectivity index (χ0n) is 21.0. The first-order valence-electron chi connectivity index (χ1n) is 12.1. The Morgan fingerprint density at radius 1 is 1.03 bits per heavy atom. The highest BCUT2D eigenvalue weighted by atomic mass is 32.2. The molecule has 2 N–H and O–H groups in total. The topological polar surface area (TPSA) is 110 Å². The number of para-hydroxylation sites is 1. The molecule has 38 heavy (non-hydrogen) atoms. The van der Waals surface area contributed by atoms with Gasteiger partial charge in [-0.15, -0.1) is 0 Å². The van der Waals surface area contributed by atoms with E-state index in [0.717, 1.165) is 17.0 Å². The van der Waals surface area contributed by atoms with Crippen LogP contribution in [-0.4, -0.2) is 42.4 Å². The van der Waals surface area contributed by atoms with Gasteiger partial charge >= 0.3 is 0 Å². The lowest BCUT2D eigenvalue weighted by Crippen LogP contribution is -2.42. The van der Waals surface area contributed by atoms with Gasteiger partial charge in [0.25, 0.3) is 5.91 Å². The van der Waals surface area contributed by atoms with Crippen molar-refractivity contribution in [2.45, 2.75) is 26.8 Å². The van der Waals surface area contributed by atoms with Crippen molar-refractivity contribution in [3.63, 3.8) is 0 Å². The fourth-order valence-electron chi connectivity index (χ4n) is 5.10. The largest absolute Gasteiger partial charge is 0.493 e. The van der Waals surface area contributed by atoms with Gasteiger partial charge in [0.1, 0.15) is 5.92 Å². The number of hydrogen-bond donors (Lipinski definition) is 2. The van der Waals surface area contributed by atoms with Gasteiger partial charge < -0.3 is 10.0 Å². The van der Waals surface area contributed by atoms with E-state index >= 15 is 0 Å². The Kier molecular flexibility index (Phi) is 5.76. The molecular formula is C28H25N7O2S. The molecule has 0 saturated heterocycles. The minimum Gasteiger partial charge on any atom is -0.493 e. The smallest absolute Gasteiger partial charge is 0.262 e. The average molecular weight is 524 g/mol. The van der Waals surface area contributed by atoms with Gasteiger partial charge in [0.2, 0.25) is 5.88 Å². The average Bonchev–Trinajstić information content (AvgIpc) is 3.57. The molecule has 10 heteroatoms. The first kappa shape index (κ1) is 23.9. The highest BCUT2D eigenvalue weighted by Gasteiger charge is 2.47. The number of aliphatic imine (C=N–C) groups is 1. The van der Waals surface area contributed by atoms with Crippen molar-refractivity contribution >= 4 is 46.0 Å². The SMILES string of the molecule is CC1=NN(c2ccccc2)C(=O)C1C1=CSC2=NC(=N)/C(=C(/O)n3nc(C)cc3C)C(c3ccccc3)N12. The van der Waals surface area contributed by atoms with Gasteiger partial charge in [0, 0.05) is 11.4 Å². The van der Waals surface area contributed by atoms with Crippen molar-refractivity contribution in [1.29, 1.82) is 5.41 Å². The number of nitrogens with one attached hydrogen (secondary N) is 1. The van der Waals surface area contributed by atoms with E-state index < -0.39 is 12.0 Å². The molecule has 0 radical (unpaired) electrons. The van der Waals surface area contributed by atoms with Crippen molar-refractivity contribution < 1.29 is 9.90 Å². The summed E-state index contributed by atoms with van der Waals surface area (Å²) in [6.07, 6.45) is 0. The molecule has 3 aliphatic heterocycles.